The molecule has 1 aliphatic rings. The molecule has 33 heavy (non-hydrogen) atoms. The summed E-state index contributed by atoms with van der Waals surface area (Å²) in [5.74, 6) is 1.96. The van der Waals surface area contributed by atoms with Crippen LogP contribution in [0.5, 0.6) is 5.75 Å². The van der Waals surface area contributed by atoms with Gasteiger partial charge in [-0.05, 0) is 66.1 Å². The molecule has 0 atom stereocenters. The number of aryl methyl sites for hydroxylation is 1. The van der Waals surface area contributed by atoms with Gasteiger partial charge in [-0.2, -0.15) is 0 Å². The Morgan fingerprint density at radius 3 is 2.64 bits per heavy atom. The molecule has 2 aromatic carbocycles. The van der Waals surface area contributed by atoms with E-state index in [4.69, 9.17) is 15.5 Å². The number of fused-ring (bicyclic) bond motifs is 3. The van der Waals surface area contributed by atoms with E-state index in [2.05, 4.69) is 0 Å². The van der Waals surface area contributed by atoms with Gasteiger partial charge in [0.05, 0.1) is 22.4 Å². The van der Waals surface area contributed by atoms with Crippen LogP contribution >= 0.6 is 34.9 Å². The molecule has 0 fully saturated rings. The van der Waals surface area contributed by atoms with Crippen molar-refractivity contribution in [2.45, 2.75) is 28.0 Å². The Hall–Kier alpha value is -2.75. The first-order valence-electron chi connectivity index (χ1n) is 10.4. The lowest BCUT2D eigenvalue weighted by atomic mass is 10.1. The number of carbonyl (C=O) groups is 1. The summed E-state index contributed by atoms with van der Waals surface area (Å²) in [7, 11) is 1.62. The van der Waals surface area contributed by atoms with Gasteiger partial charge < -0.3 is 10.5 Å². The predicted octanol–water partition coefficient (Wildman–Crippen LogP) is 4.89. The van der Waals surface area contributed by atoms with Gasteiger partial charge in [-0.1, -0.05) is 23.9 Å². The Morgan fingerprint density at radius 1 is 1.18 bits per heavy atom. The molecule has 0 unspecified atom stereocenters. The first kappa shape index (κ1) is 22.1. The van der Waals surface area contributed by atoms with Crippen molar-refractivity contribution < 1.29 is 9.53 Å². The van der Waals surface area contributed by atoms with Crippen molar-refractivity contribution in [3.63, 3.8) is 0 Å². The Kier molecular flexibility index (Phi) is 6.18. The summed E-state index contributed by atoms with van der Waals surface area (Å²) >= 11 is 4.94. The second kappa shape index (κ2) is 9.24. The van der Waals surface area contributed by atoms with Crippen molar-refractivity contribution in [3.8, 4) is 11.4 Å². The summed E-state index contributed by atoms with van der Waals surface area (Å²) in [6, 6.07) is 14.7. The molecule has 3 heterocycles. The standard InChI is InChI=1S/C24H21N3O3S3/c1-30-17-10-8-16(9-11-17)27-22(29)19-18-3-2-12-31-23(18)33-21(19)26-24(27)32-13-14-4-6-15(7-5-14)20(25)28/h4-11H,2-3,12-13H2,1H3,(H2,25,28). The molecule has 0 saturated carbocycles. The molecule has 0 aliphatic carbocycles. The molecule has 168 valence electrons. The molecule has 1 aliphatic heterocycles. The van der Waals surface area contributed by atoms with Crippen molar-refractivity contribution in [1.82, 2.24) is 9.55 Å². The summed E-state index contributed by atoms with van der Waals surface area (Å²) in [6.45, 7) is 0. The zero-order chi connectivity index (χ0) is 22.9. The zero-order valence-electron chi connectivity index (χ0n) is 17.9. The fraction of sp³-hybridized carbons (Fsp3) is 0.208. The van der Waals surface area contributed by atoms with E-state index in [-0.39, 0.29) is 5.56 Å². The number of ether oxygens (including phenoxy) is 1. The predicted molar refractivity (Wildman–Crippen MR) is 135 cm³/mol. The van der Waals surface area contributed by atoms with Crippen molar-refractivity contribution in [3.05, 3.63) is 75.6 Å². The first-order valence-corrected chi connectivity index (χ1v) is 13.2. The summed E-state index contributed by atoms with van der Waals surface area (Å²) in [6.07, 6.45) is 1.99. The molecule has 0 radical (unpaired) electrons. The summed E-state index contributed by atoms with van der Waals surface area (Å²) in [5, 5.41) is 1.38. The highest BCUT2D eigenvalue weighted by molar-refractivity contribution is 8.01. The highest BCUT2D eigenvalue weighted by atomic mass is 32.2. The van der Waals surface area contributed by atoms with E-state index in [0.717, 1.165) is 51.4 Å². The van der Waals surface area contributed by atoms with E-state index in [9.17, 15) is 9.59 Å². The minimum Gasteiger partial charge on any atom is -0.497 e. The number of hydrogen-bond donors (Lipinski definition) is 1. The van der Waals surface area contributed by atoms with Gasteiger partial charge >= 0.3 is 0 Å². The van der Waals surface area contributed by atoms with Crippen molar-refractivity contribution >= 4 is 51.0 Å². The lowest BCUT2D eigenvalue weighted by Crippen LogP contribution is -2.22. The number of thiophene rings is 1. The number of benzene rings is 2. The highest BCUT2D eigenvalue weighted by Gasteiger charge is 2.23. The minimum absolute atomic E-state index is 0.0308. The number of carbonyl (C=O) groups excluding carboxylic acids is 1. The quantitative estimate of drug-likeness (QED) is 0.303. The number of methoxy groups -OCH3 is 1. The van der Waals surface area contributed by atoms with E-state index in [1.807, 2.05) is 48.2 Å². The van der Waals surface area contributed by atoms with Gasteiger partial charge in [0, 0.05) is 11.3 Å². The van der Waals surface area contributed by atoms with E-state index < -0.39 is 5.91 Å². The Labute approximate surface area is 203 Å². The van der Waals surface area contributed by atoms with Gasteiger partial charge in [0.2, 0.25) is 5.91 Å². The molecule has 6 nitrogen and oxygen atoms in total. The topological polar surface area (TPSA) is 87.2 Å². The molecule has 0 spiro atoms. The van der Waals surface area contributed by atoms with Crippen LogP contribution in [0.2, 0.25) is 0 Å². The normalized spacial score (nSPS) is 13.1. The number of nitrogens with zero attached hydrogens (tertiary/aromatic N) is 2. The van der Waals surface area contributed by atoms with Crippen LogP contribution < -0.4 is 16.0 Å². The maximum absolute atomic E-state index is 13.8. The van der Waals surface area contributed by atoms with Crippen molar-refractivity contribution in [2.75, 3.05) is 12.9 Å². The van der Waals surface area contributed by atoms with E-state index >= 15 is 0 Å². The largest absolute Gasteiger partial charge is 0.497 e. The van der Waals surface area contributed by atoms with Crippen LogP contribution in [0.1, 0.15) is 27.9 Å². The van der Waals surface area contributed by atoms with Gasteiger partial charge in [0.1, 0.15) is 10.6 Å². The number of aromatic nitrogens is 2. The van der Waals surface area contributed by atoms with Gasteiger partial charge in [-0.3, -0.25) is 14.2 Å². The fourth-order valence-electron chi connectivity index (χ4n) is 3.79. The average Bonchev–Trinajstić information content (AvgIpc) is 3.22. The fourth-order valence-corrected chi connectivity index (χ4v) is 7.33. The molecular formula is C24H21N3O3S3. The van der Waals surface area contributed by atoms with E-state index in [1.165, 1.54) is 16.0 Å². The Balaban J connectivity index is 1.59. The molecule has 2 aromatic heterocycles. The number of hydrogen-bond acceptors (Lipinski definition) is 7. The van der Waals surface area contributed by atoms with Crippen LogP contribution in [0.15, 0.2) is 62.7 Å². The molecule has 5 rings (SSSR count). The maximum atomic E-state index is 13.8. The van der Waals surface area contributed by atoms with E-state index in [1.54, 1.807) is 35.1 Å². The summed E-state index contributed by atoms with van der Waals surface area (Å²) < 4.78 is 8.21. The SMILES string of the molecule is COc1ccc(-n2c(SCc3ccc(C(N)=O)cc3)nc3sc4c(c3c2=O)CCCS4)cc1. The second-order valence-corrected chi connectivity index (χ2v) is 10.9. The molecule has 0 bridgehead atoms. The smallest absolute Gasteiger partial charge is 0.267 e. The third-order valence-corrected chi connectivity index (χ3v) is 9.03. The monoisotopic (exact) mass is 495 g/mol. The van der Waals surface area contributed by atoms with Gasteiger partial charge in [-0.15, -0.1) is 23.1 Å². The maximum Gasteiger partial charge on any atom is 0.267 e. The van der Waals surface area contributed by atoms with Crippen LogP contribution in [-0.4, -0.2) is 28.3 Å². The molecule has 0 saturated heterocycles. The average molecular weight is 496 g/mol. The molecule has 1 amide bonds. The Bertz CT molecular complexity index is 1390. The number of nitrogens with two attached hydrogens (primary N) is 1. The summed E-state index contributed by atoms with van der Waals surface area (Å²) in [5.41, 5.74) is 8.70. The molecule has 9 heteroatoms. The van der Waals surface area contributed by atoms with Crippen LogP contribution in [0, 0.1) is 0 Å². The lowest BCUT2D eigenvalue weighted by Gasteiger charge is -2.14. The van der Waals surface area contributed by atoms with Crippen LogP contribution in [-0.2, 0) is 12.2 Å². The van der Waals surface area contributed by atoms with Crippen molar-refractivity contribution in [2.24, 2.45) is 5.73 Å². The Morgan fingerprint density at radius 2 is 1.94 bits per heavy atom. The molecule has 4 aromatic rings. The van der Waals surface area contributed by atoms with Gasteiger partial charge in [0.25, 0.3) is 5.56 Å². The first-order chi connectivity index (χ1) is 16.0. The number of thioether (sulfide) groups is 2. The van der Waals surface area contributed by atoms with Gasteiger partial charge in [0.15, 0.2) is 5.16 Å². The minimum atomic E-state index is -0.450. The molecular weight excluding hydrogens is 474 g/mol. The molecule has 2 N–H and O–H groups in total. The second-order valence-electron chi connectivity index (χ2n) is 7.58. The lowest BCUT2D eigenvalue weighted by molar-refractivity contribution is 0.100. The zero-order valence-corrected chi connectivity index (χ0v) is 20.3. The van der Waals surface area contributed by atoms with Crippen molar-refractivity contribution in [1.29, 1.82) is 0 Å². The van der Waals surface area contributed by atoms with Crippen LogP contribution in [0.4, 0.5) is 0 Å². The van der Waals surface area contributed by atoms with Crippen LogP contribution in [0.3, 0.4) is 0 Å². The van der Waals surface area contributed by atoms with Crippen LogP contribution in [0.25, 0.3) is 15.9 Å². The van der Waals surface area contributed by atoms with Gasteiger partial charge in [-0.25, -0.2) is 4.98 Å². The summed E-state index contributed by atoms with van der Waals surface area (Å²) in [4.78, 5) is 30.9. The number of amides is 1. The number of rotatable bonds is 6. The highest BCUT2D eigenvalue weighted by Crippen LogP contribution is 2.41. The number of primary amides is 1. The third-order valence-electron chi connectivity index (χ3n) is 5.50. The third kappa shape index (κ3) is 4.28. The van der Waals surface area contributed by atoms with E-state index in [0.29, 0.717) is 16.5 Å².